The molecular weight excluding hydrogens is 194 g/mol. The third kappa shape index (κ3) is 2.56. The van der Waals surface area contributed by atoms with E-state index in [0.717, 1.165) is 19.5 Å². The normalized spacial score (nSPS) is 27.6. The predicted octanol–water partition coefficient (Wildman–Crippen LogP) is 0.838. The fraction of sp³-hybridized carbons (Fsp3) is 1.00. The smallest absolute Gasteiger partial charge is 0.0443 e. The topological polar surface area (TPSA) is 23.5 Å². The fourth-order valence-electron chi connectivity index (χ4n) is 1.28. The number of alkyl halides is 1. The largest absolute Gasteiger partial charge is 0.396 e. The molecule has 0 radical (unpaired) electrons. The Balaban J connectivity index is 2.06. The highest BCUT2D eigenvalue weighted by Crippen LogP contribution is 2.15. The maximum atomic E-state index is 8.55. The van der Waals surface area contributed by atoms with Gasteiger partial charge in [-0.3, -0.25) is 0 Å². The number of aliphatic hydroxyl groups is 1. The Morgan fingerprint density at radius 2 is 2.40 bits per heavy atom. The van der Waals surface area contributed by atoms with Crippen molar-refractivity contribution in [1.29, 1.82) is 0 Å². The molecule has 2 nitrogen and oxygen atoms in total. The Hall–Kier alpha value is 0.400. The minimum atomic E-state index is 0.323. The average molecular weight is 208 g/mol. The molecular formula is C7H14BrNO. The van der Waals surface area contributed by atoms with Crippen LogP contribution in [0.25, 0.3) is 0 Å². The van der Waals surface area contributed by atoms with Crippen molar-refractivity contribution in [3.8, 4) is 0 Å². The summed E-state index contributed by atoms with van der Waals surface area (Å²) in [5.41, 5.74) is 0. The van der Waals surface area contributed by atoms with Crippen LogP contribution in [0.4, 0.5) is 0 Å². The maximum Gasteiger partial charge on any atom is 0.0443 e. The quantitative estimate of drug-likeness (QED) is 0.694. The molecule has 0 aromatic heterocycles. The van der Waals surface area contributed by atoms with Gasteiger partial charge in [-0.05, 0) is 19.4 Å². The van der Waals surface area contributed by atoms with Crippen LogP contribution in [0.15, 0.2) is 0 Å². The van der Waals surface area contributed by atoms with E-state index in [9.17, 15) is 0 Å². The van der Waals surface area contributed by atoms with Crippen LogP contribution in [0.5, 0.6) is 0 Å². The molecule has 60 valence electrons. The first-order valence-corrected chi connectivity index (χ1v) is 4.72. The zero-order chi connectivity index (χ0) is 7.40. The second kappa shape index (κ2) is 4.31. The van der Waals surface area contributed by atoms with E-state index >= 15 is 0 Å². The van der Waals surface area contributed by atoms with Crippen LogP contribution in [0, 0.1) is 0 Å². The Kier molecular flexibility index (Phi) is 3.66. The molecule has 1 rings (SSSR count). The highest BCUT2D eigenvalue weighted by Gasteiger charge is 2.18. The van der Waals surface area contributed by atoms with Gasteiger partial charge < -0.3 is 10.0 Å². The second-order valence-electron chi connectivity index (χ2n) is 2.76. The molecule has 1 heterocycles. The Labute approximate surface area is 70.3 Å². The van der Waals surface area contributed by atoms with Gasteiger partial charge in [-0.2, -0.15) is 0 Å². The number of hydrogen-bond donors (Lipinski definition) is 1. The molecule has 0 amide bonds. The summed E-state index contributed by atoms with van der Waals surface area (Å²) in [4.78, 5) is 3.07. The van der Waals surface area contributed by atoms with Crippen molar-refractivity contribution in [3.63, 3.8) is 0 Å². The van der Waals surface area contributed by atoms with Gasteiger partial charge in [0, 0.05) is 24.5 Å². The van der Waals surface area contributed by atoms with E-state index in [1.165, 1.54) is 13.0 Å². The lowest BCUT2D eigenvalue weighted by atomic mass is 10.4. The van der Waals surface area contributed by atoms with E-state index < -0.39 is 0 Å². The number of halogens is 1. The van der Waals surface area contributed by atoms with Crippen molar-refractivity contribution in [2.45, 2.75) is 17.7 Å². The minimum Gasteiger partial charge on any atom is -0.396 e. The standard InChI is InChI=1S/C7H14BrNO/c8-7-2-4-9(6-7)3-1-5-10/h7,10H,1-6H2. The molecule has 1 unspecified atom stereocenters. The average Bonchev–Trinajstić information content (AvgIpc) is 2.31. The molecule has 1 aliphatic heterocycles. The number of rotatable bonds is 3. The van der Waals surface area contributed by atoms with Gasteiger partial charge in [0.15, 0.2) is 0 Å². The Morgan fingerprint density at radius 3 is 2.90 bits per heavy atom. The summed E-state index contributed by atoms with van der Waals surface area (Å²) < 4.78 is 0. The van der Waals surface area contributed by atoms with Gasteiger partial charge in [-0.1, -0.05) is 15.9 Å². The van der Waals surface area contributed by atoms with E-state index in [1.54, 1.807) is 0 Å². The molecule has 0 bridgehead atoms. The number of aliphatic hydroxyl groups excluding tert-OH is 1. The maximum absolute atomic E-state index is 8.55. The van der Waals surface area contributed by atoms with Crippen molar-refractivity contribution in [2.24, 2.45) is 0 Å². The summed E-state index contributed by atoms with van der Waals surface area (Å²) in [7, 11) is 0. The summed E-state index contributed by atoms with van der Waals surface area (Å²) in [6.45, 7) is 3.72. The van der Waals surface area contributed by atoms with Gasteiger partial charge in [0.1, 0.15) is 0 Å². The van der Waals surface area contributed by atoms with Gasteiger partial charge in [0.25, 0.3) is 0 Å². The van der Waals surface area contributed by atoms with E-state index in [0.29, 0.717) is 11.4 Å². The molecule has 1 fully saturated rings. The summed E-state index contributed by atoms with van der Waals surface area (Å²) in [5.74, 6) is 0. The van der Waals surface area contributed by atoms with Gasteiger partial charge in [-0.15, -0.1) is 0 Å². The van der Waals surface area contributed by atoms with E-state index in [1.807, 2.05) is 0 Å². The molecule has 1 saturated heterocycles. The summed E-state index contributed by atoms with van der Waals surface area (Å²) >= 11 is 3.57. The van der Waals surface area contributed by atoms with Crippen LogP contribution in [-0.4, -0.2) is 41.1 Å². The monoisotopic (exact) mass is 207 g/mol. The van der Waals surface area contributed by atoms with Crippen molar-refractivity contribution >= 4 is 15.9 Å². The Bertz CT molecular complexity index is 99.6. The Morgan fingerprint density at radius 1 is 1.60 bits per heavy atom. The third-order valence-corrected chi connectivity index (χ3v) is 2.59. The van der Waals surface area contributed by atoms with Crippen molar-refractivity contribution < 1.29 is 5.11 Å². The van der Waals surface area contributed by atoms with E-state index in [2.05, 4.69) is 20.8 Å². The van der Waals surface area contributed by atoms with Crippen LogP contribution in [0.3, 0.4) is 0 Å². The highest BCUT2D eigenvalue weighted by molar-refractivity contribution is 9.09. The first kappa shape index (κ1) is 8.50. The lowest BCUT2D eigenvalue weighted by molar-refractivity contribution is 0.248. The summed E-state index contributed by atoms with van der Waals surface area (Å²) in [6.07, 6.45) is 2.17. The molecule has 1 N–H and O–H groups in total. The van der Waals surface area contributed by atoms with Gasteiger partial charge in [0.05, 0.1) is 0 Å². The molecule has 0 saturated carbocycles. The van der Waals surface area contributed by atoms with Crippen LogP contribution in [0.2, 0.25) is 0 Å². The van der Waals surface area contributed by atoms with E-state index in [4.69, 9.17) is 5.11 Å². The molecule has 1 atom stereocenters. The lowest BCUT2D eigenvalue weighted by Crippen LogP contribution is -2.22. The second-order valence-corrected chi connectivity index (χ2v) is 4.06. The molecule has 0 spiro atoms. The first-order chi connectivity index (χ1) is 4.83. The molecule has 0 aromatic carbocycles. The highest BCUT2D eigenvalue weighted by atomic mass is 79.9. The first-order valence-electron chi connectivity index (χ1n) is 3.80. The van der Waals surface area contributed by atoms with Crippen LogP contribution < -0.4 is 0 Å². The van der Waals surface area contributed by atoms with Gasteiger partial charge >= 0.3 is 0 Å². The SMILES string of the molecule is OCCCN1CCC(Br)C1. The zero-order valence-corrected chi connectivity index (χ0v) is 7.68. The van der Waals surface area contributed by atoms with Crippen LogP contribution >= 0.6 is 15.9 Å². The number of nitrogens with zero attached hydrogens (tertiary/aromatic N) is 1. The van der Waals surface area contributed by atoms with Crippen LogP contribution in [-0.2, 0) is 0 Å². The van der Waals surface area contributed by atoms with E-state index in [-0.39, 0.29) is 0 Å². The van der Waals surface area contributed by atoms with Gasteiger partial charge in [0.2, 0.25) is 0 Å². The molecule has 1 aliphatic rings. The number of likely N-dealkylation sites (tertiary alicyclic amines) is 1. The molecule has 3 heteroatoms. The minimum absolute atomic E-state index is 0.323. The fourth-order valence-corrected chi connectivity index (χ4v) is 1.90. The zero-order valence-electron chi connectivity index (χ0n) is 6.09. The molecule has 0 aromatic rings. The predicted molar refractivity (Wildman–Crippen MR) is 45.5 cm³/mol. The van der Waals surface area contributed by atoms with Crippen molar-refractivity contribution in [1.82, 2.24) is 4.90 Å². The lowest BCUT2D eigenvalue weighted by Gasteiger charge is -2.12. The number of hydrogen-bond acceptors (Lipinski definition) is 2. The van der Waals surface area contributed by atoms with Crippen LogP contribution in [0.1, 0.15) is 12.8 Å². The molecule has 0 aliphatic carbocycles. The van der Waals surface area contributed by atoms with Gasteiger partial charge in [-0.25, -0.2) is 0 Å². The molecule has 10 heavy (non-hydrogen) atoms. The summed E-state index contributed by atoms with van der Waals surface area (Å²) in [5, 5.41) is 8.55. The van der Waals surface area contributed by atoms with Crippen molar-refractivity contribution in [3.05, 3.63) is 0 Å². The third-order valence-electron chi connectivity index (χ3n) is 1.85. The summed E-state index contributed by atoms with van der Waals surface area (Å²) in [6, 6.07) is 0. The van der Waals surface area contributed by atoms with Crippen molar-refractivity contribution in [2.75, 3.05) is 26.2 Å².